The van der Waals surface area contributed by atoms with E-state index in [9.17, 15) is 66.4 Å². The van der Waals surface area contributed by atoms with Crippen LogP contribution in [0, 0.1) is 0 Å². The molecule has 2 rings (SSSR count). The quantitative estimate of drug-likeness (QED) is 0.136. The molecule has 0 saturated carbocycles. The minimum absolute atomic E-state index is 0.176. The number of nitrogens with one attached hydrogen (secondary N) is 1. The summed E-state index contributed by atoms with van der Waals surface area (Å²) in [6.45, 7) is 0. The fraction of sp³-hybridized carbons (Fsp3) is 0.600. The molecule has 14 N–H and O–H groups in total. The van der Waals surface area contributed by atoms with Crippen molar-refractivity contribution < 1.29 is 66.4 Å². The van der Waals surface area contributed by atoms with Crippen molar-refractivity contribution in [2.45, 2.75) is 35.5 Å². The predicted molar refractivity (Wildman–Crippen MR) is 86.9 cm³/mol. The Morgan fingerprint density at radius 1 is 0.900 bits per heavy atom. The third-order valence-electron chi connectivity index (χ3n) is 3.67. The fourth-order valence-electron chi connectivity index (χ4n) is 2.27. The summed E-state index contributed by atoms with van der Waals surface area (Å²) >= 11 is 0. The zero-order valence-corrected chi connectivity index (χ0v) is 14.3. The third-order valence-corrected chi connectivity index (χ3v) is 3.67. The van der Waals surface area contributed by atoms with Gasteiger partial charge in [-0.15, -0.1) is 0 Å². The second-order valence-electron chi connectivity index (χ2n) is 6.07. The lowest BCUT2D eigenvalue weighted by atomic mass is 9.89. The van der Waals surface area contributed by atoms with E-state index in [2.05, 4.69) is 9.98 Å². The van der Waals surface area contributed by atoms with Gasteiger partial charge in [-0.25, -0.2) is 25.3 Å². The highest BCUT2D eigenvalue weighted by Crippen LogP contribution is 2.38. The van der Waals surface area contributed by atoms with Gasteiger partial charge in [0, 0.05) is 0 Å². The highest BCUT2D eigenvalue weighted by atomic mass is 16.7. The molecule has 164 valence electrons. The average molecular weight is 435 g/mol. The van der Waals surface area contributed by atoms with Crippen LogP contribution in [0.15, 0.2) is 21.6 Å². The predicted octanol–water partition coefficient (Wildman–Crippen LogP) is -9.56. The number of rotatable bonds is 6. The molecule has 0 fully saturated rings. The van der Waals surface area contributed by atoms with E-state index in [-0.39, 0.29) is 5.01 Å². The number of aliphatic hydroxyl groups excluding tert-OH is 1. The molecular weight excluding hydrogens is 420 g/mol. The molecule has 0 bridgehead atoms. The summed E-state index contributed by atoms with van der Waals surface area (Å²) in [5.41, 5.74) is -3.90. The highest BCUT2D eigenvalue weighted by Gasteiger charge is 2.66. The topological polar surface area (TPSA) is 306 Å². The zero-order chi connectivity index (χ0) is 23.7. The summed E-state index contributed by atoms with van der Waals surface area (Å²) in [6.07, 6.45) is 0. The first-order valence-corrected chi connectivity index (χ1v) is 7.34. The number of hydrazine groups is 1. The normalized spacial score (nSPS) is 21.5. The molecule has 0 aromatic carbocycles. The fourth-order valence-corrected chi connectivity index (χ4v) is 2.27. The minimum atomic E-state index is -4.82. The van der Waals surface area contributed by atoms with E-state index >= 15 is 0 Å². The molecule has 0 aromatic rings. The van der Waals surface area contributed by atoms with E-state index in [1.54, 1.807) is 0 Å². The van der Waals surface area contributed by atoms with Gasteiger partial charge in [-0.1, -0.05) is 0 Å². The van der Waals surface area contributed by atoms with E-state index in [1.165, 1.54) is 0 Å². The molecule has 0 aliphatic carbocycles. The van der Waals surface area contributed by atoms with Crippen molar-refractivity contribution in [1.29, 1.82) is 0 Å². The van der Waals surface area contributed by atoms with Crippen molar-refractivity contribution in [3.05, 3.63) is 11.6 Å². The Morgan fingerprint density at radius 2 is 1.40 bits per heavy atom. The summed E-state index contributed by atoms with van der Waals surface area (Å²) in [6, 6.07) is -1.52. The van der Waals surface area contributed by atoms with Crippen molar-refractivity contribution in [1.82, 2.24) is 15.3 Å². The molecule has 2 heterocycles. The van der Waals surface area contributed by atoms with Gasteiger partial charge in [0.15, 0.2) is 30.8 Å². The molecule has 0 saturated heterocycles. The summed E-state index contributed by atoms with van der Waals surface area (Å²) in [5.74, 6) is -22.7. The molecule has 1 unspecified atom stereocenters. The summed E-state index contributed by atoms with van der Waals surface area (Å²) in [7, 11) is 10.1. The van der Waals surface area contributed by atoms with Crippen LogP contribution in [0.4, 0.5) is 0 Å². The Balaban J connectivity index is 2.91. The van der Waals surface area contributed by atoms with Gasteiger partial charge in [-0.2, -0.15) is 0 Å². The number of aliphatic hydroxyl groups is 13. The standard InChI is InChI=1S/C10H15B2N5O13/c11-4-14-5-13-2(6(19,20)21)1(18)3(16(5)15-4)17(8(24,25)7(12,22)23)9(26,27)10(28,29)30/h4,15,18-30H. The van der Waals surface area contributed by atoms with Crippen LogP contribution < -0.4 is 5.43 Å². The molecule has 18 nitrogen and oxygen atoms in total. The maximum absolute atomic E-state index is 10.3. The van der Waals surface area contributed by atoms with Gasteiger partial charge in [-0.3, -0.25) is 0 Å². The van der Waals surface area contributed by atoms with Gasteiger partial charge in [-0.05, 0) is 0 Å². The van der Waals surface area contributed by atoms with E-state index in [4.69, 9.17) is 15.7 Å². The monoisotopic (exact) mass is 435 g/mol. The molecule has 0 spiro atoms. The number of fused-ring (bicyclic) bond motifs is 1. The van der Waals surface area contributed by atoms with Gasteiger partial charge in [0.05, 0.1) is 6.07 Å². The first-order valence-electron chi connectivity index (χ1n) is 7.34. The van der Waals surface area contributed by atoms with Crippen LogP contribution in [0.3, 0.4) is 0 Å². The van der Waals surface area contributed by atoms with Crippen LogP contribution in [0.5, 0.6) is 0 Å². The molecule has 30 heavy (non-hydrogen) atoms. The van der Waals surface area contributed by atoms with Crippen molar-refractivity contribution in [2.24, 2.45) is 9.98 Å². The smallest absolute Gasteiger partial charge is 0.355 e. The Bertz CT molecular complexity index is 783. The third kappa shape index (κ3) is 3.76. The first kappa shape index (κ1) is 24.4. The summed E-state index contributed by atoms with van der Waals surface area (Å²) in [4.78, 5) is 5.60. The van der Waals surface area contributed by atoms with Crippen molar-refractivity contribution in [2.75, 3.05) is 0 Å². The summed E-state index contributed by atoms with van der Waals surface area (Å²) < 4.78 is 0. The largest absolute Gasteiger partial charge is 0.503 e. The second-order valence-corrected chi connectivity index (χ2v) is 6.07. The molecule has 2 aliphatic rings. The molecule has 4 radical (unpaired) electrons. The Labute approximate surface area is 167 Å². The Hall–Kier alpha value is -1.91. The van der Waals surface area contributed by atoms with Gasteiger partial charge >= 0.3 is 17.9 Å². The van der Waals surface area contributed by atoms with Crippen LogP contribution in [-0.2, 0) is 0 Å². The average Bonchev–Trinajstić information content (AvgIpc) is 2.86. The highest BCUT2D eigenvalue weighted by molar-refractivity contribution is 6.16. The maximum atomic E-state index is 10.3. The second kappa shape index (κ2) is 6.80. The lowest BCUT2D eigenvalue weighted by Gasteiger charge is -2.51. The van der Waals surface area contributed by atoms with Crippen LogP contribution in [-0.4, -0.2) is 139 Å². The van der Waals surface area contributed by atoms with Crippen LogP contribution in [0.25, 0.3) is 0 Å². The number of aliphatic imine (C=N–C) groups is 2. The minimum Gasteiger partial charge on any atom is -0.503 e. The SMILES string of the molecule is [B]C1N=C2N=C(C(O)(O)O)C(O)=C(N(C(O)(O)C([B])(O)O)C(O)(O)C(O)(O)O)N2N1. The van der Waals surface area contributed by atoms with Gasteiger partial charge in [0.2, 0.25) is 5.96 Å². The number of hydrogen-bond donors (Lipinski definition) is 14. The number of hydrogen-bond acceptors (Lipinski definition) is 18. The molecular formula is C10H15B2N5O13. The number of nitrogens with zero attached hydrogens (tertiary/aromatic N) is 4. The van der Waals surface area contributed by atoms with Gasteiger partial charge < -0.3 is 66.4 Å². The van der Waals surface area contributed by atoms with E-state index in [1.807, 2.05) is 5.43 Å². The van der Waals surface area contributed by atoms with Crippen LogP contribution >= 0.6 is 0 Å². The van der Waals surface area contributed by atoms with Crippen molar-refractivity contribution in [3.8, 4) is 0 Å². The van der Waals surface area contributed by atoms with Gasteiger partial charge in [0.25, 0.3) is 5.91 Å². The van der Waals surface area contributed by atoms with E-state index < -0.39 is 63.7 Å². The van der Waals surface area contributed by atoms with Crippen molar-refractivity contribution in [3.63, 3.8) is 0 Å². The zero-order valence-electron chi connectivity index (χ0n) is 14.3. The van der Waals surface area contributed by atoms with Crippen molar-refractivity contribution >= 4 is 27.4 Å². The first-order chi connectivity index (χ1) is 13.1. The summed E-state index contributed by atoms with van der Waals surface area (Å²) in [5, 5.41) is 125. The molecule has 20 heteroatoms. The molecule has 2 aliphatic heterocycles. The van der Waals surface area contributed by atoms with Crippen LogP contribution in [0.1, 0.15) is 0 Å². The van der Waals surface area contributed by atoms with E-state index in [0.29, 0.717) is 0 Å². The molecule has 1 atom stereocenters. The van der Waals surface area contributed by atoms with Crippen LogP contribution in [0.2, 0.25) is 0 Å². The lowest BCUT2D eigenvalue weighted by molar-refractivity contribution is -0.529. The maximum Gasteiger partial charge on any atom is 0.355 e. The van der Waals surface area contributed by atoms with Gasteiger partial charge in [0.1, 0.15) is 7.85 Å². The Morgan fingerprint density at radius 3 is 1.80 bits per heavy atom. The molecule has 0 aromatic heterocycles. The Kier molecular flexibility index (Phi) is 5.52. The molecule has 0 amide bonds. The van der Waals surface area contributed by atoms with E-state index in [0.717, 1.165) is 0 Å². The lowest BCUT2D eigenvalue weighted by Crippen LogP contribution is -2.78. The number of guanidine groups is 1.